The lowest BCUT2D eigenvalue weighted by Crippen LogP contribution is -2.15. The monoisotopic (exact) mass is 464 g/mol. The Balaban J connectivity index is 1.67. The van der Waals surface area contributed by atoms with Crippen LogP contribution in [0.3, 0.4) is 0 Å². The van der Waals surface area contributed by atoms with Crippen LogP contribution in [0, 0.1) is 6.92 Å². The van der Waals surface area contributed by atoms with Crippen molar-refractivity contribution in [1.82, 2.24) is 14.8 Å². The van der Waals surface area contributed by atoms with Crippen molar-refractivity contribution in [3.8, 4) is 17.1 Å². The number of amides is 1. The van der Waals surface area contributed by atoms with Crippen LogP contribution in [0.25, 0.3) is 11.4 Å². The number of rotatable bonds is 9. The third-order valence-electron chi connectivity index (χ3n) is 4.07. The Morgan fingerprint density at radius 1 is 1.32 bits per heavy atom. The van der Waals surface area contributed by atoms with Gasteiger partial charge < -0.3 is 10.1 Å². The van der Waals surface area contributed by atoms with E-state index in [-0.39, 0.29) is 22.4 Å². The van der Waals surface area contributed by atoms with Gasteiger partial charge in [-0.15, -0.1) is 16.8 Å². The summed E-state index contributed by atoms with van der Waals surface area (Å²) in [6.45, 7) is 3.28. The number of nitrogens with one attached hydrogen (secondary N) is 1. The smallest absolute Gasteiger partial charge is 0.387 e. The van der Waals surface area contributed by atoms with Crippen LogP contribution in [0.2, 0.25) is 5.02 Å². The highest BCUT2D eigenvalue weighted by molar-refractivity contribution is 7.99. The van der Waals surface area contributed by atoms with Crippen molar-refractivity contribution >= 4 is 35.0 Å². The van der Waals surface area contributed by atoms with Crippen LogP contribution in [-0.2, 0) is 11.3 Å². The predicted octanol–water partition coefficient (Wildman–Crippen LogP) is 5.43. The minimum Gasteiger partial charge on any atom is -0.433 e. The van der Waals surface area contributed by atoms with Crippen molar-refractivity contribution in [2.75, 3.05) is 11.1 Å². The second-order valence-electron chi connectivity index (χ2n) is 6.44. The molecule has 0 aliphatic rings. The maximum Gasteiger partial charge on any atom is 0.387 e. The highest BCUT2D eigenvalue weighted by Gasteiger charge is 2.16. The van der Waals surface area contributed by atoms with E-state index >= 15 is 0 Å². The molecule has 0 atom stereocenters. The van der Waals surface area contributed by atoms with Crippen molar-refractivity contribution in [1.29, 1.82) is 0 Å². The first-order valence-electron chi connectivity index (χ1n) is 9.15. The summed E-state index contributed by atoms with van der Waals surface area (Å²) in [5.74, 6) is 0.280. The molecule has 0 unspecified atom stereocenters. The highest BCUT2D eigenvalue weighted by Crippen LogP contribution is 2.29. The summed E-state index contributed by atoms with van der Waals surface area (Å²) in [7, 11) is 0. The second kappa shape index (κ2) is 10.4. The van der Waals surface area contributed by atoms with E-state index in [0.717, 1.165) is 11.1 Å². The minimum absolute atomic E-state index is 0.0284. The van der Waals surface area contributed by atoms with Gasteiger partial charge in [0.25, 0.3) is 0 Å². The SMILES string of the molecule is C=CCn1c(SCC(=O)Nc2ccc(OC(F)F)c(Cl)c2)nnc1-c1cccc(C)c1. The molecule has 10 heteroatoms. The predicted molar refractivity (Wildman–Crippen MR) is 118 cm³/mol. The topological polar surface area (TPSA) is 69.0 Å². The molecule has 162 valence electrons. The van der Waals surface area contributed by atoms with Crippen LogP contribution in [0.4, 0.5) is 14.5 Å². The zero-order valence-electron chi connectivity index (χ0n) is 16.5. The summed E-state index contributed by atoms with van der Waals surface area (Å²) in [5.41, 5.74) is 2.39. The number of halogens is 3. The number of thioether (sulfide) groups is 1. The fourth-order valence-electron chi connectivity index (χ4n) is 2.78. The number of hydrogen-bond acceptors (Lipinski definition) is 5. The third-order valence-corrected chi connectivity index (χ3v) is 5.33. The van der Waals surface area contributed by atoms with E-state index in [1.54, 1.807) is 6.08 Å². The van der Waals surface area contributed by atoms with Crippen LogP contribution in [0.15, 0.2) is 60.3 Å². The van der Waals surface area contributed by atoms with E-state index in [2.05, 4.69) is 26.8 Å². The van der Waals surface area contributed by atoms with E-state index in [1.807, 2.05) is 35.8 Å². The molecule has 0 aliphatic heterocycles. The quantitative estimate of drug-likeness (QED) is 0.338. The second-order valence-corrected chi connectivity index (χ2v) is 7.79. The lowest BCUT2D eigenvalue weighted by molar-refractivity contribution is -0.113. The molecular weight excluding hydrogens is 446 g/mol. The summed E-state index contributed by atoms with van der Waals surface area (Å²) in [6, 6.07) is 11.9. The summed E-state index contributed by atoms with van der Waals surface area (Å²) in [4.78, 5) is 12.3. The number of carbonyl (C=O) groups is 1. The molecular formula is C21H19ClF2N4O2S. The molecule has 0 aliphatic carbocycles. The Hall–Kier alpha value is -2.91. The van der Waals surface area contributed by atoms with Gasteiger partial charge in [-0.25, -0.2) is 0 Å². The summed E-state index contributed by atoms with van der Waals surface area (Å²) < 4.78 is 30.8. The van der Waals surface area contributed by atoms with Crippen LogP contribution >= 0.6 is 23.4 Å². The number of benzene rings is 2. The molecule has 0 radical (unpaired) electrons. The maximum atomic E-state index is 12.3. The molecule has 6 nitrogen and oxygen atoms in total. The van der Waals surface area contributed by atoms with Gasteiger partial charge in [0.05, 0.1) is 10.8 Å². The van der Waals surface area contributed by atoms with Gasteiger partial charge in [0.15, 0.2) is 11.0 Å². The summed E-state index contributed by atoms with van der Waals surface area (Å²) >= 11 is 7.13. The molecule has 1 amide bonds. The number of alkyl halides is 2. The average Bonchev–Trinajstić information content (AvgIpc) is 3.11. The molecule has 3 rings (SSSR count). The summed E-state index contributed by atoms with van der Waals surface area (Å²) in [6.07, 6.45) is 1.73. The maximum absolute atomic E-state index is 12.3. The molecule has 2 aromatic carbocycles. The lowest BCUT2D eigenvalue weighted by atomic mass is 10.1. The number of nitrogens with zero attached hydrogens (tertiary/aromatic N) is 3. The Morgan fingerprint density at radius 3 is 2.81 bits per heavy atom. The minimum atomic E-state index is -2.98. The molecule has 0 saturated carbocycles. The van der Waals surface area contributed by atoms with Gasteiger partial charge in [0, 0.05) is 17.8 Å². The fourth-order valence-corrected chi connectivity index (χ4v) is 3.76. The first-order valence-corrected chi connectivity index (χ1v) is 10.5. The first-order chi connectivity index (χ1) is 14.9. The van der Waals surface area contributed by atoms with Crippen molar-refractivity contribution in [3.05, 3.63) is 65.7 Å². The largest absolute Gasteiger partial charge is 0.433 e. The normalized spacial score (nSPS) is 10.9. The van der Waals surface area contributed by atoms with Gasteiger partial charge >= 0.3 is 6.61 Å². The van der Waals surface area contributed by atoms with Crippen molar-refractivity contribution in [2.24, 2.45) is 0 Å². The van der Waals surface area contributed by atoms with Crippen LogP contribution < -0.4 is 10.1 Å². The number of carbonyl (C=O) groups excluding carboxylic acids is 1. The number of aryl methyl sites for hydroxylation is 1. The molecule has 31 heavy (non-hydrogen) atoms. The molecule has 1 heterocycles. The molecule has 0 spiro atoms. The number of ether oxygens (including phenoxy) is 1. The van der Waals surface area contributed by atoms with Crippen molar-refractivity contribution in [3.63, 3.8) is 0 Å². The molecule has 1 N–H and O–H groups in total. The standard InChI is InChI=1S/C21H19ClF2N4O2S/c1-3-9-28-19(14-6-4-5-13(2)10-14)26-27-21(28)31-12-18(29)25-15-7-8-17(16(22)11-15)30-20(23)24/h3-8,10-11,20H,1,9,12H2,2H3,(H,25,29). The van der Waals surface area contributed by atoms with E-state index in [9.17, 15) is 13.6 Å². The summed E-state index contributed by atoms with van der Waals surface area (Å²) in [5, 5.41) is 11.7. The lowest BCUT2D eigenvalue weighted by Gasteiger charge is -2.10. The molecule has 0 fully saturated rings. The third kappa shape index (κ3) is 6.05. The number of aromatic nitrogens is 3. The zero-order chi connectivity index (χ0) is 22.4. The Morgan fingerprint density at radius 2 is 2.13 bits per heavy atom. The van der Waals surface area contributed by atoms with Gasteiger partial charge in [0.1, 0.15) is 5.75 Å². The Kier molecular flexibility index (Phi) is 7.64. The van der Waals surface area contributed by atoms with Gasteiger partial charge in [-0.05, 0) is 31.2 Å². The van der Waals surface area contributed by atoms with Crippen molar-refractivity contribution in [2.45, 2.75) is 25.2 Å². The van der Waals surface area contributed by atoms with Crippen LogP contribution in [-0.4, -0.2) is 33.0 Å². The number of allylic oxidation sites excluding steroid dienone is 1. The van der Waals surface area contributed by atoms with Gasteiger partial charge in [-0.2, -0.15) is 8.78 Å². The fraction of sp³-hybridized carbons (Fsp3) is 0.190. The molecule has 0 saturated heterocycles. The van der Waals surface area contributed by atoms with Gasteiger partial charge in [-0.3, -0.25) is 9.36 Å². The van der Waals surface area contributed by atoms with E-state index < -0.39 is 6.61 Å². The van der Waals surface area contributed by atoms with E-state index in [0.29, 0.717) is 23.2 Å². The van der Waals surface area contributed by atoms with Crippen molar-refractivity contribution < 1.29 is 18.3 Å². The van der Waals surface area contributed by atoms with Crippen LogP contribution in [0.5, 0.6) is 5.75 Å². The van der Waals surface area contributed by atoms with Crippen LogP contribution in [0.1, 0.15) is 5.56 Å². The Labute approximate surface area is 187 Å². The van der Waals surface area contributed by atoms with Gasteiger partial charge in [-0.1, -0.05) is 53.2 Å². The zero-order valence-corrected chi connectivity index (χ0v) is 18.1. The first kappa shape index (κ1) is 22.8. The van der Waals surface area contributed by atoms with E-state index in [4.69, 9.17) is 11.6 Å². The Bertz CT molecular complexity index is 1090. The molecule has 3 aromatic rings. The van der Waals surface area contributed by atoms with Gasteiger partial charge in [0.2, 0.25) is 5.91 Å². The molecule has 0 bridgehead atoms. The number of anilines is 1. The number of hydrogen-bond donors (Lipinski definition) is 1. The molecule has 1 aromatic heterocycles. The highest BCUT2D eigenvalue weighted by atomic mass is 35.5. The average molecular weight is 465 g/mol. The van der Waals surface area contributed by atoms with E-state index in [1.165, 1.54) is 30.0 Å².